The van der Waals surface area contributed by atoms with Crippen molar-refractivity contribution in [1.82, 2.24) is 4.90 Å². The number of aliphatic hydroxyl groups is 1. The molecule has 2 aromatic rings. The molecule has 4 rings (SSSR count). The molecular weight excluding hydrogens is 444 g/mol. The van der Waals surface area contributed by atoms with Crippen LogP contribution in [-0.2, 0) is 10.0 Å². The second kappa shape index (κ2) is 10.1. The molecule has 1 N–H and O–H groups in total. The van der Waals surface area contributed by atoms with E-state index in [0.717, 1.165) is 43.8 Å². The van der Waals surface area contributed by atoms with Gasteiger partial charge in [-0.15, -0.1) is 0 Å². The van der Waals surface area contributed by atoms with Gasteiger partial charge in [-0.05, 0) is 79.8 Å². The van der Waals surface area contributed by atoms with Crippen LogP contribution in [0.4, 0.5) is 5.69 Å². The number of hydrogen-bond donors (Lipinski definition) is 1. The number of aliphatic hydroxyl groups excluding tert-OH is 1. The first-order valence-corrected chi connectivity index (χ1v) is 13.7. The van der Waals surface area contributed by atoms with E-state index in [1.54, 1.807) is 0 Å². The predicted molar refractivity (Wildman–Crippen MR) is 131 cm³/mol. The first kappa shape index (κ1) is 23.6. The van der Waals surface area contributed by atoms with Crippen molar-refractivity contribution < 1.29 is 13.5 Å². The standard InChI is InChI=1S/C25H33ClN2O3S/c1-32(30,31)28(22-7-3-2-4-8-22)17-19-6-5-15-27(16-19)18-25(29)24-14-13-23(24)20-9-11-21(26)12-10-20/h2-4,7-12,19,23-25,29H,5-6,13-18H2,1H3. The summed E-state index contributed by atoms with van der Waals surface area (Å²) < 4.78 is 26.4. The number of anilines is 1. The summed E-state index contributed by atoms with van der Waals surface area (Å²) in [5.74, 6) is 0.911. The SMILES string of the molecule is CS(=O)(=O)N(CC1CCCN(CC(O)C2CCC2c2ccc(Cl)cc2)C1)c1ccccc1. The molecule has 174 valence electrons. The lowest BCUT2D eigenvalue weighted by Gasteiger charge is -2.43. The minimum absolute atomic E-state index is 0.249. The third kappa shape index (κ3) is 5.66. The van der Waals surface area contributed by atoms with Crippen LogP contribution in [-0.4, -0.2) is 57.0 Å². The number of likely N-dealkylation sites (tertiary alicyclic amines) is 1. The Morgan fingerprint density at radius 3 is 2.44 bits per heavy atom. The summed E-state index contributed by atoms with van der Waals surface area (Å²) in [5.41, 5.74) is 1.97. The molecule has 2 fully saturated rings. The van der Waals surface area contributed by atoms with Crippen LogP contribution in [0.15, 0.2) is 54.6 Å². The molecule has 0 bridgehead atoms. The Hall–Kier alpha value is -1.60. The minimum atomic E-state index is -3.35. The smallest absolute Gasteiger partial charge is 0.232 e. The summed E-state index contributed by atoms with van der Waals surface area (Å²) in [6.45, 7) is 2.89. The van der Waals surface area contributed by atoms with Gasteiger partial charge in [0.25, 0.3) is 0 Å². The van der Waals surface area contributed by atoms with Crippen LogP contribution >= 0.6 is 11.6 Å². The Morgan fingerprint density at radius 2 is 1.81 bits per heavy atom. The lowest BCUT2D eigenvalue weighted by atomic mass is 9.67. The van der Waals surface area contributed by atoms with Crippen molar-refractivity contribution in [2.45, 2.75) is 37.7 Å². The van der Waals surface area contributed by atoms with Crippen molar-refractivity contribution >= 4 is 27.3 Å². The van der Waals surface area contributed by atoms with E-state index in [0.29, 0.717) is 24.7 Å². The molecule has 0 amide bonds. The van der Waals surface area contributed by atoms with E-state index in [9.17, 15) is 13.5 Å². The molecule has 4 atom stereocenters. The highest BCUT2D eigenvalue weighted by Crippen LogP contribution is 2.45. The van der Waals surface area contributed by atoms with Crippen LogP contribution in [0.1, 0.15) is 37.2 Å². The van der Waals surface area contributed by atoms with Crippen LogP contribution in [0.5, 0.6) is 0 Å². The highest BCUT2D eigenvalue weighted by atomic mass is 35.5. The summed E-state index contributed by atoms with van der Waals surface area (Å²) in [7, 11) is -3.35. The molecule has 1 saturated heterocycles. The van der Waals surface area contributed by atoms with Crippen LogP contribution in [0.2, 0.25) is 5.02 Å². The number of piperidine rings is 1. The number of sulfonamides is 1. The average Bonchev–Trinajstić information content (AvgIpc) is 2.73. The minimum Gasteiger partial charge on any atom is -0.391 e. The normalized spacial score (nSPS) is 25.2. The van der Waals surface area contributed by atoms with Crippen LogP contribution < -0.4 is 4.31 Å². The zero-order valence-corrected chi connectivity index (χ0v) is 20.2. The van der Waals surface area contributed by atoms with Crippen LogP contribution in [0.3, 0.4) is 0 Å². The average molecular weight is 477 g/mol. The quantitative estimate of drug-likeness (QED) is 0.614. The zero-order valence-electron chi connectivity index (χ0n) is 18.6. The topological polar surface area (TPSA) is 60.9 Å². The summed E-state index contributed by atoms with van der Waals surface area (Å²) in [4.78, 5) is 2.32. The highest BCUT2D eigenvalue weighted by molar-refractivity contribution is 7.92. The molecule has 4 unspecified atom stereocenters. The number of halogens is 1. The molecule has 1 heterocycles. The molecule has 32 heavy (non-hydrogen) atoms. The molecular formula is C25H33ClN2O3S. The predicted octanol–water partition coefficient (Wildman–Crippen LogP) is 4.37. The van der Waals surface area contributed by atoms with E-state index in [4.69, 9.17) is 11.6 Å². The number of β-amino-alcohol motifs (C(OH)–C–C–N with tert-alkyl or cyclic N) is 1. The van der Waals surface area contributed by atoms with E-state index in [1.807, 2.05) is 42.5 Å². The lowest BCUT2D eigenvalue weighted by molar-refractivity contribution is 0.00673. The van der Waals surface area contributed by atoms with Gasteiger partial charge in [-0.1, -0.05) is 41.9 Å². The number of rotatable bonds is 8. The van der Waals surface area contributed by atoms with Gasteiger partial charge in [0.1, 0.15) is 0 Å². The van der Waals surface area contributed by atoms with Gasteiger partial charge in [0.05, 0.1) is 18.0 Å². The van der Waals surface area contributed by atoms with Crippen molar-refractivity contribution in [3.8, 4) is 0 Å². The van der Waals surface area contributed by atoms with Gasteiger partial charge in [-0.2, -0.15) is 0 Å². The second-order valence-electron chi connectivity index (χ2n) is 9.36. The van der Waals surface area contributed by atoms with E-state index in [2.05, 4.69) is 17.0 Å². The van der Waals surface area contributed by atoms with Gasteiger partial charge < -0.3 is 10.0 Å². The first-order valence-electron chi connectivity index (χ1n) is 11.5. The Balaban J connectivity index is 1.36. The fourth-order valence-electron chi connectivity index (χ4n) is 5.24. The van der Waals surface area contributed by atoms with Gasteiger partial charge in [0.2, 0.25) is 10.0 Å². The van der Waals surface area contributed by atoms with Crippen molar-refractivity contribution in [3.05, 3.63) is 65.2 Å². The largest absolute Gasteiger partial charge is 0.391 e. The highest BCUT2D eigenvalue weighted by Gasteiger charge is 2.38. The maximum Gasteiger partial charge on any atom is 0.232 e. The number of nitrogens with zero attached hydrogens (tertiary/aromatic N) is 2. The molecule has 0 radical (unpaired) electrons. The zero-order chi connectivity index (χ0) is 22.7. The summed E-state index contributed by atoms with van der Waals surface area (Å²) in [5, 5.41) is 11.7. The lowest BCUT2D eigenvalue weighted by Crippen LogP contribution is -2.47. The molecule has 1 aliphatic carbocycles. The number of para-hydroxylation sites is 1. The number of hydrogen-bond acceptors (Lipinski definition) is 4. The van der Waals surface area contributed by atoms with E-state index in [-0.39, 0.29) is 17.9 Å². The molecule has 7 heteroatoms. The van der Waals surface area contributed by atoms with Crippen molar-refractivity contribution in [2.24, 2.45) is 11.8 Å². The van der Waals surface area contributed by atoms with Crippen molar-refractivity contribution in [1.29, 1.82) is 0 Å². The van der Waals surface area contributed by atoms with Gasteiger partial charge >= 0.3 is 0 Å². The monoisotopic (exact) mass is 476 g/mol. The van der Waals surface area contributed by atoms with Crippen molar-refractivity contribution in [2.75, 3.05) is 36.7 Å². The second-order valence-corrected chi connectivity index (χ2v) is 11.7. The Labute approximate surface area is 197 Å². The maximum absolute atomic E-state index is 12.5. The van der Waals surface area contributed by atoms with Crippen molar-refractivity contribution in [3.63, 3.8) is 0 Å². The molecule has 1 saturated carbocycles. The Bertz CT molecular complexity index is 984. The summed E-state index contributed by atoms with van der Waals surface area (Å²) in [6.07, 6.45) is 5.08. The third-order valence-corrected chi connectivity index (χ3v) is 8.45. The molecule has 2 aliphatic rings. The number of benzene rings is 2. The first-order chi connectivity index (χ1) is 15.3. The van der Waals surface area contributed by atoms with E-state index < -0.39 is 10.0 Å². The van der Waals surface area contributed by atoms with Gasteiger partial charge in [0, 0.05) is 24.7 Å². The summed E-state index contributed by atoms with van der Waals surface area (Å²) >= 11 is 6.03. The molecule has 2 aromatic carbocycles. The van der Waals surface area contributed by atoms with Crippen LogP contribution in [0, 0.1) is 11.8 Å². The Morgan fingerprint density at radius 1 is 1.09 bits per heavy atom. The molecule has 0 aromatic heterocycles. The fourth-order valence-corrected chi connectivity index (χ4v) is 6.35. The maximum atomic E-state index is 12.5. The van der Waals surface area contributed by atoms with Gasteiger partial charge in [0.15, 0.2) is 0 Å². The third-order valence-electron chi connectivity index (χ3n) is 7.04. The molecule has 0 spiro atoms. The molecule has 1 aliphatic heterocycles. The van der Waals surface area contributed by atoms with E-state index >= 15 is 0 Å². The van der Waals surface area contributed by atoms with Gasteiger partial charge in [-0.25, -0.2) is 8.42 Å². The van der Waals surface area contributed by atoms with E-state index in [1.165, 1.54) is 16.1 Å². The fraction of sp³-hybridized carbons (Fsp3) is 0.520. The van der Waals surface area contributed by atoms with Crippen LogP contribution in [0.25, 0.3) is 0 Å². The Kier molecular flexibility index (Phi) is 7.45. The molecule has 5 nitrogen and oxygen atoms in total. The summed E-state index contributed by atoms with van der Waals surface area (Å²) in [6, 6.07) is 17.3. The van der Waals surface area contributed by atoms with Gasteiger partial charge in [-0.3, -0.25) is 4.31 Å².